The summed E-state index contributed by atoms with van der Waals surface area (Å²) in [5.41, 5.74) is 0.335. The smallest absolute Gasteiger partial charge is 0.416 e. The molecule has 0 aliphatic heterocycles. The molecule has 0 saturated carbocycles. The van der Waals surface area contributed by atoms with E-state index in [1.54, 1.807) is 24.3 Å². The Labute approximate surface area is 189 Å². The van der Waals surface area contributed by atoms with Gasteiger partial charge in [-0.3, -0.25) is 9.10 Å². The van der Waals surface area contributed by atoms with Gasteiger partial charge in [-0.15, -0.1) is 0 Å². The van der Waals surface area contributed by atoms with Gasteiger partial charge in [0.25, 0.3) is 10.0 Å². The maximum atomic E-state index is 13.3. The fourth-order valence-corrected chi connectivity index (χ4v) is 4.40. The highest BCUT2D eigenvalue weighted by Crippen LogP contribution is 2.30. The predicted molar refractivity (Wildman–Crippen MR) is 119 cm³/mol. The summed E-state index contributed by atoms with van der Waals surface area (Å²) in [4.78, 5) is 12.7. The molecule has 10 heteroatoms. The van der Waals surface area contributed by atoms with E-state index in [1.807, 2.05) is 6.92 Å². The number of nitrogens with zero attached hydrogens (tertiary/aromatic N) is 1. The fourth-order valence-electron chi connectivity index (χ4n) is 2.97. The van der Waals surface area contributed by atoms with Gasteiger partial charge in [0.05, 0.1) is 23.3 Å². The zero-order valence-electron chi connectivity index (χ0n) is 17.8. The van der Waals surface area contributed by atoms with E-state index < -0.39 is 34.2 Å². The first-order chi connectivity index (χ1) is 15.5. The average molecular weight is 478 g/mol. The van der Waals surface area contributed by atoms with Gasteiger partial charge in [0.15, 0.2) is 0 Å². The van der Waals surface area contributed by atoms with Gasteiger partial charge in [-0.25, -0.2) is 8.42 Å². The number of anilines is 2. The van der Waals surface area contributed by atoms with Crippen LogP contribution in [-0.4, -0.2) is 28.0 Å². The van der Waals surface area contributed by atoms with E-state index >= 15 is 0 Å². The third-order valence-corrected chi connectivity index (χ3v) is 6.54. The van der Waals surface area contributed by atoms with Gasteiger partial charge in [-0.2, -0.15) is 13.2 Å². The molecule has 0 aliphatic carbocycles. The number of benzene rings is 3. The van der Waals surface area contributed by atoms with E-state index in [-0.39, 0.29) is 16.3 Å². The Kier molecular flexibility index (Phi) is 6.97. The Bertz CT molecular complexity index is 1210. The summed E-state index contributed by atoms with van der Waals surface area (Å²) < 4.78 is 70.9. The molecular formula is C23H21F3N2O4S. The van der Waals surface area contributed by atoms with Gasteiger partial charge in [0.2, 0.25) is 5.91 Å². The Hall–Kier alpha value is -3.53. The van der Waals surface area contributed by atoms with Crippen molar-refractivity contribution in [2.75, 3.05) is 23.3 Å². The predicted octanol–water partition coefficient (Wildman–Crippen LogP) is 4.86. The average Bonchev–Trinajstić information content (AvgIpc) is 2.77. The standard InChI is InChI=1S/C23H21F3N2O4S/c1-16-3-13-21(14-4-16)33(30,31)28(19-9-11-20(32-2)12-10-19)15-22(29)27-18-7-5-17(6-8-18)23(24,25)26/h3-14H,15H2,1-2H3,(H,27,29). The molecule has 0 bridgehead atoms. The largest absolute Gasteiger partial charge is 0.497 e. The van der Waals surface area contributed by atoms with Gasteiger partial charge in [0.1, 0.15) is 12.3 Å². The van der Waals surface area contributed by atoms with E-state index in [9.17, 15) is 26.4 Å². The highest BCUT2D eigenvalue weighted by atomic mass is 32.2. The fraction of sp³-hybridized carbons (Fsp3) is 0.174. The van der Waals surface area contributed by atoms with Gasteiger partial charge in [-0.05, 0) is 67.6 Å². The van der Waals surface area contributed by atoms with Crippen molar-refractivity contribution in [2.24, 2.45) is 0 Å². The molecule has 33 heavy (non-hydrogen) atoms. The molecule has 6 nitrogen and oxygen atoms in total. The molecule has 3 aromatic rings. The second-order valence-corrected chi connectivity index (χ2v) is 9.01. The lowest BCUT2D eigenvalue weighted by atomic mass is 10.2. The van der Waals surface area contributed by atoms with Crippen molar-refractivity contribution in [2.45, 2.75) is 18.0 Å². The lowest BCUT2D eigenvalue weighted by molar-refractivity contribution is -0.137. The van der Waals surface area contributed by atoms with E-state index in [2.05, 4.69) is 5.32 Å². The number of halogens is 3. The Morgan fingerprint density at radius 3 is 2.03 bits per heavy atom. The number of rotatable bonds is 7. The number of methoxy groups -OCH3 is 1. The Morgan fingerprint density at radius 2 is 1.52 bits per heavy atom. The number of carbonyl (C=O) groups is 1. The van der Waals surface area contributed by atoms with Crippen LogP contribution in [0.5, 0.6) is 5.75 Å². The molecule has 0 radical (unpaired) electrons. The molecule has 0 aliphatic rings. The van der Waals surface area contributed by atoms with Crippen LogP contribution in [0.25, 0.3) is 0 Å². The van der Waals surface area contributed by atoms with Crippen molar-refractivity contribution in [3.8, 4) is 5.75 Å². The number of ether oxygens (including phenoxy) is 1. The number of nitrogens with one attached hydrogen (secondary N) is 1. The summed E-state index contributed by atoms with van der Waals surface area (Å²) in [5, 5.41) is 2.44. The summed E-state index contributed by atoms with van der Waals surface area (Å²) in [6.07, 6.45) is -4.50. The third kappa shape index (κ3) is 5.83. The van der Waals surface area contributed by atoms with E-state index in [1.165, 1.54) is 31.4 Å². The van der Waals surface area contributed by atoms with Crippen molar-refractivity contribution < 1.29 is 31.1 Å². The van der Waals surface area contributed by atoms with Gasteiger partial charge in [-0.1, -0.05) is 17.7 Å². The third-order valence-electron chi connectivity index (χ3n) is 4.75. The Morgan fingerprint density at radius 1 is 0.939 bits per heavy atom. The maximum Gasteiger partial charge on any atom is 0.416 e. The molecule has 0 saturated heterocycles. The van der Waals surface area contributed by atoms with Crippen molar-refractivity contribution in [1.82, 2.24) is 0 Å². The summed E-state index contributed by atoms with van der Waals surface area (Å²) in [7, 11) is -2.66. The number of sulfonamides is 1. The molecule has 0 unspecified atom stereocenters. The van der Waals surface area contributed by atoms with Crippen molar-refractivity contribution in [1.29, 1.82) is 0 Å². The van der Waals surface area contributed by atoms with Gasteiger partial charge in [0, 0.05) is 5.69 Å². The number of amides is 1. The topological polar surface area (TPSA) is 75.7 Å². The molecule has 0 fully saturated rings. The lowest BCUT2D eigenvalue weighted by Gasteiger charge is -2.24. The second kappa shape index (κ2) is 9.53. The normalized spacial score (nSPS) is 11.7. The number of hydrogen-bond donors (Lipinski definition) is 1. The van der Waals surface area contributed by atoms with Crippen LogP contribution >= 0.6 is 0 Å². The highest BCUT2D eigenvalue weighted by Gasteiger charge is 2.30. The van der Waals surface area contributed by atoms with E-state index in [4.69, 9.17) is 4.74 Å². The first kappa shape index (κ1) is 24.1. The number of aryl methyl sites for hydroxylation is 1. The van der Waals surface area contributed by atoms with Crippen molar-refractivity contribution in [3.05, 3.63) is 83.9 Å². The number of alkyl halides is 3. The summed E-state index contributed by atoms with van der Waals surface area (Å²) in [5.74, 6) is -0.220. The minimum Gasteiger partial charge on any atom is -0.497 e. The highest BCUT2D eigenvalue weighted by molar-refractivity contribution is 7.92. The zero-order valence-corrected chi connectivity index (χ0v) is 18.6. The van der Waals surface area contributed by atoms with Crippen LogP contribution in [0, 0.1) is 6.92 Å². The van der Waals surface area contributed by atoms with Crippen molar-refractivity contribution >= 4 is 27.3 Å². The second-order valence-electron chi connectivity index (χ2n) is 7.15. The van der Waals surface area contributed by atoms with Crippen LogP contribution in [0.2, 0.25) is 0 Å². The van der Waals surface area contributed by atoms with E-state index in [0.717, 1.165) is 34.1 Å². The molecule has 0 atom stereocenters. The summed E-state index contributed by atoms with van der Waals surface area (Å²) in [6.45, 7) is 1.22. The number of carbonyl (C=O) groups excluding carboxylic acids is 1. The Balaban J connectivity index is 1.89. The number of hydrogen-bond acceptors (Lipinski definition) is 4. The monoisotopic (exact) mass is 478 g/mol. The van der Waals surface area contributed by atoms with E-state index in [0.29, 0.717) is 5.75 Å². The molecule has 0 spiro atoms. The molecule has 174 valence electrons. The molecular weight excluding hydrogens is 457 g/mol. The van der Waals surface area contributed by atoms with Crippen LogP contribution < -0.4 is 14.4 Å². The first-order valence-corrected chi connectivity index (χ1v) is 11.2. The molecule has 0 heterocycles. The minimum atomic E-state index is -4.50. The summed E-state index contributed by atoms with van der Waals surface area (Å²) in [6, 6.07) is 16.1. The van der Waals surface area contributed by atoms with Crippen LogP contribution in [0.3, 0.4) is 0 Å². The maximum absolute atomic E-state index is 13.3. The molecule has 3 aromatic carbocycles. The van der Waals surface area contributed by atoms with Crippen molar-refractivity contribution in [3.63, 3.8) is 0 Å². The molecule has 3 rings (SSSR count). The quantitative estimate of drug-likeness (QED) is 0.527. The lowest BCUT2D eigenvalue weighted by Crippen LogP contribution is -2.38. The van der Waals surface area contributed by atoms with Gasteiger partial charge >= 0.3 is 6.18 Å². The molecule has 1 amide bonds. The SMILES string of the molecule is COc1ccc(N(CC(=O)Nc2ccc(C(F)(F)F)cc2)S(=O)(=O)c2ccc(C)cc2)cc1. The van der Waals surface area contributed by atoms with Crippen LogP contribution in [0.15, 0.2) is 77.7 Å². The van der Waals surface area contributed by atoms with Crippen LogP contribution in [0.1, 0.15) is 11.1 Å². The molecule has 0 aromatic heterocycles. The first-order valence-electron chi connectivity index (χ1n) is 9.71. The summed E-state index contributed by atoms with van der Waals surface area (Å²) >= 11 is 0. The van der Waals surface area contributed by atoms with Crippen LogP contribution in [-0.2, 0) is 21.0 Å². The van der Waals surface area contributed by atoms with Gasteiger partial charge < -0.3 is 10.1 Å². The minimum absolute atomic E-state index is 0.00810. The van der Waals surface area contributed by atoms with Crippen LogP contribution in [0.4, 0.5) is 24.5 Å². The molecule has 1 N–H and O–H groups in total. The zero-order chi connectivity index (χ0) is 24.2.